The van der Waals surface area contributed by atoms with Gasteiger partial charge in [0, 0.05) is 12.1 Å². The number of hydrogen-bond acceptors (Lipinski definition) is 3. The highest BCUT2D eigenvalue weighted by molar-refractivity contribution is 6.00. The fraction of sp³-hybridized carbons (Fsp3) is 0.364. The van der Waals surface area contributed by atoms with Crippen molar-refractivity contribution < 1.29 is 9.53 Å². The van der Waals surface area contributed by atoms with Crippen LogP contribution in [0.15, 0.2) is 18.2 Å². The van der Waals surface area contributed by atoms with E-state index in [-0.39, 0.29) is 5.78 Å². The largest absolute Gasteiger partial charge is 0.494 e. The van der Waals surface area contributed by atoms with Crippen LogP contribution in [0.3, 0.4) is 0 Å². The summed E-state index contributed by atoms with van der Waals surface area (Å²) in [5.74, 6) is 0.925. The Balaban J connectivity index is 2.36. The van der Waals surface area contributed by atoms with Crippen molar-refractivity contribution in [2.45, 2.75) is 13.5 Å². The Morgan fingerprint density at radius 3 is 3.07 bits per heavy atom. The van der Waals surface area contributed by atoms with E-state index in [1.54, 1.807) is 0 Å². The lowest BCUT2D eigenvalue weighted by molar-refractivity contribution is 0.0981. The number of benzene rings is 1. The average Bonchev–Trinajstić information content (AvgIpc) is 2.20. The molecule has 3 nitrogen and oxygen atoms in total. The van der Waals surface area contributed by atoms with Gasteiger partial charge in [0.2, 0.25) is 0 Å². The molecule has 74 valence electrons. The Morgan fingerprint density at radius 1 is 1.43 bits per heavy atom. The summed E-state index contributed by atoms with van der Waals surface area (Å²) in [7, 11) is 0. The van der Waals surface area contributed by atoms with E-state index in [9.17, 15) is 4.79 Å². The number of fused-ring (bicyclic) bond motifs is 1. The predicted molar refractivity (Wildman–Crippen MR) is 53.6 cm³/mol. The highest BCUT2D eigenvalue weighted by Crippen LogP contribution is 2.20. The van der Waals surface area contributed by atoms with Crippen molar-refractivity contribution in [1.29, 1.82) is 0 Å². The van der Waals surface area contributed by atoms with Gasteiger partial charge in [-0.15, -0.1) is 0 Å². The first-order valence-electron chi connectivity index (χ1n) is 4.81. The maximum atomic E-state index is 11.5. The van der Waals surface area contributed by atoms with Crippen molar-refractivity contribution in [2.75, 3.05) is 13.2 Å². The van der Waals surface area contributed by atoms with Gasteiger partial charge in [-0.2, -0.15) is 0 Å². The number of carbonyl (C=O) groups is 1. The van der Waals surface area contributed by atoms with E-state index in [2.05, 4.69) is 5.32 Å². The fourth-order valence-electron chi connectivity index (χ4n) is 1.63. The standard InChI is InChI=1S/C11H13NO2/c1-2-14-9-4-3-8-6-12-7-11(13)10(8)5-9/h3-5,12H,2,6-7H2,1H3. The first-order valence-corrected chi connectivity index (χ1v) is 4.81. The van der Waals surface area contributed by atoms with Crippen LogP contribution in [0.25, 0.3) is 0 Å². The summed E-state index contributed by atoms with van der Waals surface area (Å²) in [5, 5.41) is 3.05. The topological polar surface area (TPSA) is 38.3 Å². The van der Waals surface area contributed by atoms with Gasteiger partial charge >= 0.3 is 0 Å². The van der Waals surface area contributed by atoms with Gasteiger partial charge in [0.15, 0.2) is 5.78 Å². The van der Waals surface area contributed by atoms with Crippen molar-refractivity contribution in [1.82, 2.24) is 5.32 Å². The molecule has 0 aliphatic carbocycles. The van der Waals surface area contributed by atoms with E-state index in [1.165, 1.54) is 0 Å². The summed E-state index contributed by atoms with van der Waals surface area (Å²) >= 11 is 0. The van der Waals surface area contributed by atoms with E-state index in [1.807, 2.05) is 25.1 Å². The summed E-state index contributed by atoms with van der Waals surface area (Å²) < 4.78 is 5.35. The van der Waals surface area contributed by atoms with Crippen LogP contribution >= 0.6 is 0 Å². The normalized spacial score (nSPS) is 15.1. The molecule has 0 saturated carbocycles. The number of Topliss-reactive ketones (excluding diaryl/α,β-unsaturated/α-hetero) is 1. The predicted octanol–water partition coefficient (Wildman–Crippen LogP) is 1.37. The Bertz CT molecular complexity index is 360. The molecule has 0 radical (unpaired) electrons. The van der Waals surface area contributed by atoms with Crippen molar-refractivity contribution in [3.63, 3.8) is 0 Å². The zero-order valence-corrected chi connectivity index (χ0v) is 8.17. The summed E-state index contributed by atoms with van der Waals surface area (Å²) in [5.41, 5.74) is 1.86. The number of hydrogen-bond donors (Lipinski definition) is 1. The molecular weight excluding hydrogens is 178 g/mol. The van der Waals surface area contributed by atoms with E-state index in [0.29, 0.717) is 13.2 Å². The lowest BCUT2D eigenvalue weighted by Crippen LogP contribution is -2.29. The Hall–Kier alpha value is -1.35. The van der Waals surface area contributed by atoms with Crippen molar-refractivity contribution in [3.05, 3.63) is 29.3 Å². The van der Waals surface area contributed by atoms with E-state index in [0.717, 1.165) is 23.4 Å². The van der Waals surface area contributed by atoms with Crippen LogP contribution in [-0.4, -0.2) is 18.9 Å². The third-order valence-corrected chi connectivity index (χ3v) is 2.29. The smallest absolute Gasteiger partial charge is 0.177 e. The highest BCUT2D eigenvalue weighted by Gasteiger charge is 2.16. The van der Waals surface area contributed by atoms with Gasteiger partial charge < -0.3 is 10.1 Å². The van der Waals surface area contributed by atoms with Crippen LogP contribution < -0.4 is 10.1 Å². The van der Waals surface area contributed by atoms with Gasteiger partial charge in [-0.25, -0.2) is 0 Å². The maximum Gasteiger partial charge on any atom is 0.177 e. The van der Waals surface area contributed by atoms with Crippen molar-refractivity contribution >= 4 is 5.78 Å². The van der Waals surface area contributed by atoms with Crippen LogP contribution in [0.1, 0.15) is 22.8 Å². The second kappa shape index (κ2) is 3.80. The van der Waals surface area contributed by atoms with Gasteiger partial charge in [0.1, 0.15) is 5.75 Å². The van der Waals surface area contributed by atoms with E-state index in [4.69, 9.17) is 4.74 Å². The minimum Gasteiger partial charge on any atom is -0.494 e. The molecule has 0 atom stereocenters. The minimum absolute atomic E-state index is 0.146. The van der Waals surface area contributed by atoms with Gasteiger partial charge in [-0.1, -0.05) is 6.07 Å². The van der Waals surface area contributed by atoms with Gasteiger partial charge in [-0.05, 0) is 24.6 Å². The number of nitrogens with one attached hydrogen (secondary N) is 1. The SMILES string of the molecule is CCOc1ccc2c(c1)C(=O)CNC2. The molecule has 14 heavy (non-hydrogen) atoms. The molecule has 2 rings (SSSR count). The molecule has 1 aromatic carbocycles. The lowest BCUT2D eigenvalue weighted by atomic mass is 10.00. The van der Waals surface area contributed by atoms with Crippen molar-refractivity contribution in [2.24, 2.45) is 0 Å². The molecule has 0 saturated heterocycles. The zero-order valence-electron chi connectivity index (χ0n) is 8.17. The summed E-state index contributed by atoms with van der Waals surface area (Å²) in [6.07, 6.45) is 0. The van der Waals surface area contributed by atoms with Gasteiger partial charge in [-0.3, -0.25) is 4.79 Å². The molecule has 3 heteroatoms. The van der Waals surface area contributed by atoms with Crippen LogP contribution in [0.5, 0.6) is 5.75 Å². The third kappa shape index (κ3) is 1.63. The first-order chi connectivity index (χ1) is 6.81. The molecule has 1 aliphatic rings. The third-order valence-electron chi connectivity index (χ3n) is 2.29. The Kier molecular flexibility index (Phi) is 2.50. The van der Waals surface area contributed by atoms with Gasteiger partial charge in [0.25, 0.3) is 0 Å². The zero-order chi connectivity index (χ0) is 9.97. The second-order valence-electron chi connectivity index (χ2n) is 3.28. The molecule has 0 amide bonds. The molecule has 0 aromatic heterocycles. The van der Waals surface area contributed by atoms with Crippen LogP contribution in [0, 0.1) is 0 Å². The molecule has 0 unspecified atom stereocenters. The van der Waals surface area contributed by atoms with E-state index < -0.39 is 0 Å². The van der Waals surface area contributed by atoms with Gasteiger partial charge in [0.05, 0.1) is 13.2 Å². The molecule has 1 N–H and O–H groups in total. The first kappa shape index (κ1) is 9.21. The Morgan fingerprint density at radius 2 is 2.29 bits per heavy atom. The number of ketones is 1. The number of ether oxygens (including phenoxy) is 1. The van der Waals surface area contributed by atoms with Crippen LogP contribution in [0.4, 0.5) is 0 Å². The second-order valence-corrected chi connectivity index (χ2v) is 3.28. The minimum atomic E-state index is 0.146. The Labute approximate surface area is 83.1 Å². The van der Waals surface area contributed by atoms with Crippen LogP contribution in [-0.2, 0) is 6.54 Å². The van der Waals surface area contributed by atoms with Crippen molar-refractivity contribution in [3.8, 4) is 5.75 Å². The highest BCUT2D eigenvalue weighted by atomic mass is 16.5. The summed E-state index contributed by atoms with van der Waals surface area (Å²) in [6, 6.07) is 5.69. The van der Waals surface area contributed by atoms with E-state index >= 15 is 0 Å². The molecule has 0 fully saturated rings. The quantitative estimate of drug-likeness (QED) is 0.767. The summed E-state index contributed by atoms with van der Waals surface area (Å²) in [6.45, 7) is 3.77. The monoisotopic (exact) mass is 191 g/mol. The molecular formula is C11H13NO2. The molecule has 1 aromatic rings. The molecule has 0 spiro atoms. The molecule has 0 bridgehead atoms. The van der Waals surface area contributed by atoms with Crippen LogP contribution in [0.2, 0.25) is 0 Å². The number of rotatable bonds is 2. The fourth-order valence-corrected chi connectivity index (χ4v) is 1.63. The summed E-state index contributed by atoms with van der Waals surface area (Å²) in [4.78, 5) is 11.5. The molecule has 1 aliphatic heterocycles. The maximum absolute atomic E-state index is 11.5. The average molecular weight is 191 g/mol. The lowest BCUT2D eigenvalue weighted by Gasteiger charge is -2.16. The number of carbonyl (C=O) groups excluding carboxylic acids is 1. The molecule has 1 heterocycles.